The zero-order valence-corrected chi connectivity index (χ0v) is 37.3. The molecule has 0 saturated heterocycles. The number of fused-ring (bicyclic) bond motifs is 9. The lowest BCUT2D eigenvalue weighted by molar-refractivity contribution is 0.954. The highest BCUT2D eigenvalue weighted by atomic mass is 15.2. The van der Waals surface area contributed by atoms with Gasteiger partial charge in [0.15, 0.2) is 11.6 Å². The van der Waals surface area contributed by atoms with Crippen molar-refractivity contribution in [1.82, 2.24) is 28.7 Å². The van der Waals surface area contributed by atoms with Crippen molar-refractivity contribution in [2.24, 2.45) is 0 Å². The van der Waals surface area contributed by atoms with Gasteiger partial charge in [-0.1, -0.05) is 188 Å². The molecule has 10 aromatic carbocycles. The summed E-state index contributed by atoms with van der Waals surface area (Å²) in [7, 11) is 0. The first kappa shape index (κ1) is 38.8. The fourth-order valence-corrected chi connectivity index (χ4v) is 10.7. The first-order valence-corrected chi connectivity index (χ1v) is 23.4. The minimum atomic E-state index is 0.555. The number of rotatable bonds is 7. The molecule has 6 nitrogen and oxygen atoms in total. The fourth-order valence-electron chi connectivity index (χ4n) is 10.7. The number of benzene rings is 10. The molecule has 69 heavy (non-hydrogen) atoms. The molecule has 0 aliphatic rings. The Balaban J connectivity index is 1.05. The molecule has 14 rings (SSSR count). The van der Waals surface area contributed by atoms with Crippen LogP contribution < -0.4 is 0 Å². The largest absolute Gasteiger partial charge is 0.309 e. The number of hydrogen-bond acceptors (Lipinski definition) is 3. The van der Waals surface area contributed by atoms with Crippen molar-refractivity contribution in [1.29, 1.82) is 0 Å². The van der Waals surface area contributed by atoms with E-state index in [1.165, 1.54) is 5.56 Å². The second-order valence-corrected chi connectivity index (χ2v) is 17.6. The molecule has 0 saturated carbocycles. The van der Waals surface area contributed by atoms with E-state index in [1.54, 1.807) is 0 Å². The number of aromatic nitrogens is 6. The van der Waals surface area contributed by atoms with Crippen molar-refractivity contribution in [2.75, 3.05) is 0 Å². The highest BCUT2D eigenvalue weighted by molar-refractivity contribution is 6.19. The van der Waals surface area contributed by atoms with Gasteiger partial charge in [-0.25, -0.2) is 4.98 Å². The number of para-hydroxylation sites is 4. The molecule has 0 unspecified atom stereocenters. The minimum absolute atomic E-state index is 0.555. The van der Waals surface area contributed by atoms with Gasteiger partial charge in [-0.2, -0.15) is 9.97 Å². The van der Waals surface area contributed by atoms with E-state index in [4.69, 9.17) is 15.0 Å². The summed E-state index contributed by atoms with van der Waals surface area (Å²) in [6.45, 7) is 0. The maximum Gasteiger partial charge on any atom is 0.238 e. The highest BCUT2D eigenvalue weighted by Gasteiger charge is 2.24. The summed E-state index contributed by atoms with van der Waals surface area (Å²) in [6, 6.07) is 86.3. The molecule has 0 aliphatic carbocycles. The summed E-state index contributed by atoms with van der Waals surface area (Å²) in [6.07, 6.45) is 0. The van der Waals surface area contributed by atoms with E-state index in [1.807, 2.05) is 18.2 Å². The number of hydrogen-bond donors (Lipinski definition) is 0. The third-order valence-electron chi connectivity index (χ3n) is 13.7. The van der Waals surface area contributed by atoms with Gasteiger partial charge in [-0.15, -0.1) is 0 Å². The first-order valence-electron chi connectivity index (χ1n) is 23.4. The molecule has 6 heteroatoms. The van der Waals surface area contributed by atoms with E-state index >= 15 is 0 Å². The molecule has 0 spiro atoms. The molecular weight excluding hydrogens is 841 g/mol. The monoisotopic (exact) mass is 880 g/mol. The maximum absolute atomic E-state index is 5.52. The number of nitrogens with zero attached hydrogens (tertiary/aromatic N) is 6. The predicted octanol–water partition coefficient (Wildman–Crippen LogP) is 15.8. The molecular formula is C63H40N6. The van der Waals surface area contributed by atoms with Gasteiger partial charge in [0, 0.05) is 54.7 Å². The standard InChI is InChI=1S/C63H40N6/c1-5-20-41(21-6-1)44-36-37-46(42-22-7-2-8-23-42)57(38-44)68-53-32-16-13-28-47(53)51-40-59-52(39-58(51)68)48-29-14-17-33-54(48)69(59)63-65-61(43-24-9-3-10-25-43)64-62(66-63)50-31-19-35-56-60(50)49-30-15-18-34-55(49)67(56)45-26-11-4-12-27-45/h1-40H. The van der Waals surface area contributed by atoms with Crippen LogP contribution in [0.1, 0.15) is 0 Å². The van der Waals surface area contributed by atoms with E-state index < -0.39 is 0 Å². The highest BCUT2D eigenvalue weighted by Crippen LogP contribution is 2.43. The van der Waals surface area contributed by atoms with Crippen molar-refractivity contribution in [3.05, 3.63) is 243 Å². The van der Waals surface area contributed by atoms with Crippen LogP contribution in [0.25, 0.3) is 128 Å². The topological polar surface area (TPSA) is 53.5 Å². The Morgan fingerprint density at radius 2 is 0.768 bits per heavy atom. The van der Waals surface area contributed by atoms with Gasteiger partial charge in [0.2, 0.25) is 5.95 Å². The van der Waals surface area contributed by atoms with Crippen LogP contribution in [0.15, 0.2) is 243 Å². The summed E-state index contributed by atoms with van der Waals surface area (Å²) in [5.41, 5.74) is 15.2. The summed E-state index contributed by atoms with van der Waals surface area (Å²) < 4.78 is 7.04. The van der Waals surface area contributed by atoms with Gasteiger partial charge in [-0.3, -0.25) is 4.57 Å². The lowest BCUT2D eigenvalue weighted by atomic mass is 9.98. The quantitative estimate of drug-likeness (QED) is 0.160. The molecule has 0 fully saturated rings. The molecule has 0 radical (unpaired) electrons. The Hall–Kier alpha value is -9.39. The average Bonchev–Trinajstić information content (AvgIpc) is 4.06. The van der Waals surface area contributed by atoms with Crippen LogP contribution in [0.3, 0.4) is 0 Å². The zero-order chi connectivity index (χ0) is 45.4. The van der Waals surface area contributed by atoms with E-state index in [2.05, 4.69) is 238 Å². The lowest BCUT2D eigenvalue weighted by Crippen LogP contribution is -2.06. The molecule has 0 N–H and O–H groups in total. The summed E-state index contributed by atoms with van der Waals surface area (Å²) in [5.74, 6) is 1.77. The smallest absolute Gasteiger partial charge is 0.238 e. The Morgan fingerprint density at radius 3 is 1.43 bits per heavy atom. The lowest BCUT2D eigenvalue weighted by Gasteiger charge is -2.16. The first-order chi connectivity index (χ1) is 34.2. The van der Waals surface area contributed by atoms with Crippen LogP contribution in [0.4, 0.5) is 0 Å². The Labute approximate surface area is 397 Å². The van der Waals surface area contributed by atoms with Crippen molar-refractivity contribution in [3.63, 3.8) is 0 Å². The van der Waals surface area contributed by atoms with Crippen molar-refractivity contribution in [2.45, 2.75) is 0 Å². The van der Waals surface area contributed by atoms with E-state index in [9.17, 15) is 0 Å². The van der Waals surface area contributed by atoms with Gasteiger partial charge >= 0.3 is 0 Å². The van der Waals surface area contributed by atoms with Gasteiger partial charge in [0.25, 0.3) is 0 Å². The Bertz CT molecular complexity index is 4280. The SMILES string of the molecule is c1ccc(-c2ccc(-c3ccccc3)c(-n3c4ccccc4c4cc5c(cc43)c3ccccc3n5-c3nc(-c4ccccc4)nc(-c4cccc5c4c4ccccc4n5-c4ccccc4)n3)c2)cc1. The third-order valence-corrected chi connectivity index (χ3v) is 13.7. The Kier molecular flexibility index (Phi) is 8.79. The second kappa shape index (κ2) is 15.6. The van der Waals surface area contributed by atoms with Gasteiger partial charge in [0.05, 0.1) is 38.8 Å². The van der Waals surface area contributed by atoms with E-state index in [0.29, 0.717) is 17.6 Å². The third kappa shape index (κ3) is 6.16. The predicted molar refractivity (Wildman–Crippen MR) is 285 cm³/mol. The van der Waals surface area contributed by atoms with Crippen LogP contribution in [0, 0.1) is 0 Å². The molecule has 0 bridgehead atoms. The van der Waals surface area contributed by atoms with Crippen LogP contribution in [0.5, 0.6) is 0 Å². The minimum Gasteiger partial charge on any atom is -0.309 e. The van der Waals surface area contributed by atoms with E-state index in [0.717, 1.165) is 105 Å². The second-order valence-electron chi connectivity index (χ2n) is 17.6. The van der Waals surface area contributed by atoms with Gasteiger partial charge in [-0.05, 0) is 71.3 Å². The molecule has 4 heterocycles. The zero-order valence-electron chi connectivity index (χ0n) is 37.3. The van der Waals surface area contributed by atoms with Crippen LogP contribution >= 0.6 is 0 Å². The van der Waals surface area contributed by atoms with Gasteiger partial charge < -0.3 is 9.13 Å². The molecule has 0 aliphatic heterocycles. The summed E-state index contributed by atoms with van der Waals surface area (Å²) >= 11 is 0. The maximum atomic E-state index is 5.52. The van der Waals surface area contributed by atoms with Crippen LogP contribution in [-0.4, -0.2) is 28.7 Å². The average molecular weight is 881 g/mol. The molecule has 0 atom stereocenters. The van der Waals surface area contributed by atoms with Crippen LogP contribution in [-0.2, 0) is 0 Å². The fraction of sp³-hybridized carbons (Fsp3) is 0. The van der Waals surface area contributed by atoms with Crippen molar-refractivity contribution >= 4 is 65.4 Å². The molecule has 14 aromatic rings. The van der Waals surface area contributed by atoms with Crippen molar-refractivity contribution < 1.29 is 0 Å². The van der Waals surface area contributed by atoms with Crippen molar-refractivity contribution in [3.8, 4) is 62.4 Å². The molecule has 4 aromatic heterocycles. The van der Waals surface area contributed by atoms with Crippen LogP contribution in [0.2, 0.25) is 0 Å². The summed E-state index contributed by atoms with van der Waals surface area (Å²) in [4.78, 5) is 16.2. The van der Waals surface area contributed by atoms with E-state index in [-0.39, 0.29) is 0 Å². The Morgan fingerprint density at radius 1 is 0.261 bits per heavy atom. The molecule has 322 valence electrons. The van der Waals surface area contributed by atoms with Gasteiger partial charge in [0.1, 0.15) is 0 Å². The summed E-state index contributed by atoms with van der Waals surface area (Å²) in [5, 5.41) is 6.76. The molecule has 0 amide bonds. The normalized spacial score (nSPS) is 11.8.